The molecule has 0 spiro atoms. The van der Waals surface area contributed by atoms with Crippen molar-refractivity contribution in [2.24, 2.45) is 0 Å². The lowest BCUT2D eigenvalue weighted by atomic mass is 10.1. The molecule has 1 aliphatic rings. The van der Waals surface area contributed by atoms with Crippen LogP contribution in [-0.2, 0) is 4.74 Å². The van der Waals surface area contributed by atoms with E-state index in [-0.39, 0.29) is 23.4 Å². The number of carboxylic acid groups (broad SMARTS) is 1. The molecule has 6 heteroatoms. The molecule has 19 heavy (non-hydrogen) atoms. The highest BCUT2D eigenvalue weighted by molar-refractivity contribution is 5.94. The number of hydrogen-bond donors (Lipinski definition) is 1. The van der Waals surface area contributed by atoms with Crippen molar-refractivity contribution in [3.05, 3.63) is 29.6 Å². The van der Waals surface area contributed by atoms with Gasteiger partial charge < -0.3 is 14.7 Å². The first kappa shape index (κ1) is 13.5. The molecule has 1 aliphatic heterocycles. The summed E-state index contributed by atoms with van der Waals surface area (Å²) in [4.78, 5) is 28.6. The quantitative estimate of drug-likeness (QED) is 0.882. The van der Waals surface area contributed by atoms with Crippen LogP contribution in [0.1, 0.15) is 33.8 Å². The molecule has 1 atom stereocenters. The van der Waals surface area contributed by atoms with Crippen LogP contribution in [0.4, 0.5) is 0 Å². The van der Waals surface area contributed by atoms with Crippen molar-refractivity contribution in [1.29, 1.82) is 0 Å². The van der Waals surface area contributed by atoms with Crippen molar-refractivity contribution in [1.82, 2.24) is 9.88 Å². The van der Waals surface area contributed by atoms with Crippen LogP contribution in [0.25, 0.3) is 0 Å². The Morgan fingerprint density at radius 1 is 1.42 bits per heavy atom. The summed E-state index contributed by atoms with van der Waals surface area (Å²) < 4.78 is 5.26. The molecule has 0 saturated carbocycles. The van der Waals surface area contributed by atoms with Gasteiger partial charge in [-0.1, -0.05) is 6.07 Å². The standard InChI is InChI=1S/C13H16N2O4/c1-19-9-4-3-7-15(8-9)12(16)10-5-2-6-11(14-10)13(17)18/h2,5-6,9H,3-4,7-8H2,1H3,(H,17,18). The summed E-state index contributed by atoms with van der Waals surface area (Å²) in [5.74, 6) is -1.38. The van der Waals surface area contributed by atoms with Gasteiger partial charge in [-0.05, 0) is 25.0 Å². The fraction of sp³-hybridized carbons (Fsp3) is 0.462. The van der Waals surface area contributed by atoms with Gasteiger partial charge in [0.15, 0.2) is 0 Å². The number of nitrogens with zero attached hydrogens (tertiary/aromatic N) is 2. The minimum Gasteiger partial charge on any atom is -0.477 e. The second kappa shape index (κ2) is 5.79. The summed E-state index contributed by atoms with van der Waals surface area (Å²) >= 11 is 0. The van der Waals surface area contributed by atoms with Gasteiger partial charge in [-0.3, -0.25) is 4.79 Å². The predicted octanol–water partition coefficient (Wildman–Crippen LogP) is 1.03. The third kappa shape index (κ3) is 3.08. The van der Waals surface area contributed by atoms with Crippen LogP contribution in [0.15, 0.2) is 18.2 Å². The first-order chi connectivity index (χ1) is 9.11. The van der Waals surface area contributed by atoms with E-state index < -0.39 is 5.97 Å². The zero-order valence-electron chi connectivity index (χ0n) is 10.7. The predicted molar refractivity (Wildman–Crippen MR) is 67.1 cm³/mol. The molecule has 1 unspecified atom stereocenters. The van der Waals surface area contributed by atoms with Crippen molar-refractivity contribution < 1.29 is 19.4 Å². The molecule has 0 bridgehead atoms. The Morgan fingerprint density at radius 3 is 2.84 bits per heavy atom. The molecular formula is C13H16N2O4. The summed E-state index contributed by atoms with van der Waals surface area (Å²) in [5, 5.41) is 8.87. The van der Waals surface area contributed by atoms with Gasteiger partial charge in [-0.2, -0.15) is 0 Å². The number of ether oxygens (including phenoxy) is 1. The van der Waals surface area contributed by atoms with Gasteiger partial charge >= 0.3 is 5.97 Å². The SMILES string of the molecule is COC1CCCN(C(=O)c2cccc(C(=O)O)n2)C1. The van der Waals surface area contributed by atoms with Crippen molar-refractivity contribution in [2.75, 3.05) is 20.2 Å². The minimum atomic E-state index is -1.14. The van der Waals surface area contributed by atoms with Crippen molar-refractivity contribution >= 4 is 11.9 Å². The van der Waals surface area contributed by atoms with Gasteiger partial charge in [0.2, 0.25) is 0 Å². The van der Waals surface area contributed by atoms with Gasteiger partial charge in [0.05, 0.1) is 6.10 Å². The van der Waals surface area contributed by atoms with E-state index in [1.54, 1.807) is 12.0 Å². The fourth-order valence-corrected chi connectivity index (χ4v) is 2.15. The van der Waals surface area contributed by atoms with Gasteiger partial charge in [0.1, 0.15) is 11.4 Å². The number of carboxylic acids is 1. The van der Waals surface area contributed by atoms with Crippen molar-refractivity contribution in [3.63, 3.8) is 0 Å². The van der Waals surface area contributed by atoms with Gasteiger partial charge in [0, 0.05) is 20.2 Å². The van der Waals surface area contributed by atoms with Crippen molar-refractivity contribution in [2.45, 2.75) is 18.9 Å². The molecule has 2 rings (SSSR count). The lowest BCUT2D eigenvalue weighted by Gasteiger charge is -2.31. The van der Waals surface area contributed by atoms with Crippen molar-refractivity contribution in [3.8, 4) is 0 Å². The Hall–Kier alpha value is -1.95. The number of aromatic nitrogens is 1. The molecule has 102 valence electrons. The van der Waals surface area contributed by atoms with Crippen LogP contribution in [0.3, 0.4) is 0 Å². The van der Waals surface area contributed by atoms with E-state index in [0.717, 1.165) is 12.8 Å². The lowest BCUT2D eigenvalue weighted by molar-refractivity contribution is 0.0265. The van der Waals surface area contributed by atoms with E-state index in [0.29, 0.717) is 13.1 Å². The number of carbonyl (C=O) groups is 2. The Kier molecular flexibility index (Phi) is 4.11. The third-order valence-electron chi connectivity index (χ3n) is 3.19. The number of pyridine rings is 1. The summed E-state index contributed by atoms with van der Waals surface area (Å²) in [7, 11) is 1.63. The molecule has 0 aliphatic carbocycles. The Balaban J connectivity index is 2.14. The van der Waals surface area contributed by atoms with E-state index in [2.05, 4.69) is 4.98 Å². The largest absolute Gasteiger partial charge is 0.477 e. The van der Waals surface area contributed by atoms with E-state index in [1.165, 1.54) is 18.2 Å². The number of rotatable bonds is 3. The van der Waals surface area contributed by atoms with Gasteiger partial charge in [-0.15, -0.1) is 0 Å². The van der Waals surface area contributed by atoms with Gasteiger partial charge in [-0.25, -0.2) is 9.78 Å². The summed E-state index contributed by atoms with van der Waals surface area (Å²) in [6.45, 7) is 1.17. The smallest absolute Gasteiger partial charge is 0.354 e. The second-order valence-corrected chi connectivity index (χ2v) is 4.46. The molecular weight excluding hydrogens is 248 g/mol. The van der Waals surface area contributed by atoms with Crippen LogP contribution in [-0.4, -0.2) is 53.2 Å². The van der Waals surface area contributed by atoms with Crippen LogP contribution >= 0.6 is 0 Å². The Labute approximate surface area is 111 Å². The molecule has 1 amide bonds. The number of likely N-dealkylation sites (tertiary alicyclic amines) is 1. The van der Waals surface area contributed by atoms with Crippen LogP contribution in [0.5, 0.6) is 0 Å². The highest BCUT2D eigenvalue weighted by Gasteiger charge is 2.25. The average Bonchev–Trinajstić information content (AvgIpc) is 2.46. The maximum Gasteiger partial charge on any atom is 0.354 e. The van der Waals surface area contributed by atoms with E-state index in [4.69, 9.17) is 9.84 Å². The fourth-order valence-electron chi connectivity index (χ4n) is 2.15. The maximum absolute atomic E-state index is 12.3. The highest BCUT2D eigenvalue weighted by Crippen LogP contribution is 2.15. The number of amides is 1. The number of hydrogen-bond acceptors (Lipinski definition) is 4. The molecule has 0 aromatic carbocycles. The highest BCUT2D eigenvalue weighted by atomic mass is 16.5. The molecule has 1 N–H and O–H groups in total. The van der Waals surface area contributed by atoms with E-state index in [1.807, 2.05) is 0 Å². The second-order valence-electron chi connectivity index (χ2n) is 4.46. The summed E-state index contributed by atoms with van der Waals surface area (Å²) in [6.07, 6.45) is 1.85. The zero-order valence-corrected chi connectivity index (χ0v) is 10.7. The maximum atomic E-state index is 12.3. The molecule has 1 aromatic heterocycles. The van der Waals surface area contributed by atoms with Crippen LogP contribution in [0.2, 0.25) is 0 Å². The molecule has 0 radical (unpaired) electrons. The molecule has 1 saturated heterocycles. The number of methoxy groups -OCH3 is 1. The third-order valence-corrected chi connectivity index (χ3v) is 3.19. The molecule has 6 nitrogen and oxygen atoms in total. The Morgan fingerprint density at radius 2 is 2.16 bits per heavy atom. The first-order valence-electron chi connectivity index (χ1n) is 6.14. The minimum absolute atomic E-state index is 0.0420. The van der Waals surface area contributed by atoms with Crippen LogP contribution in [0, 0.1) is 0 Å². The molecule has 1 fully saturated rings. The summed E-state index contributed by atoms with van der Waals surface area (Å²) in [6, 6.07) is 4.43. The Bertz CT molecular complexity index is 489. The topological polar surface area (TPSA) is 79.7 Å². The average molecular weight is 264 g/mol. The summed E-state index contributed by atoms with van der Waals surface area (Å²) in [5.41, 5.74) is 0.0443. The lowest BCUT2D eigenvalue weighted by Crippen LogP contribution is -2.43. The van der Waals surface area contributed by atoms with E-state index in [9.17, 15) is 9.59 Å². The molecule has 2 heterocycles. The van der Waals surface area contributed by atoms with Crippen LogP contribution < -0.4 is 0 Å². The number of piperidine rings is 1. The first-order valence-corrected chi connectivity index (χ1v) is 6.14. The normalized spacial score (nSPS) is 19.2. The van der Waals surface area contributed by atoms with E-state index >= 15 is 0 Å². The molecule has 1 aromatic rings. The zero-order chi connectivity index (χ0) is 13.8. The van der Waals surface area contributed by atoms with Gasteiger partial charge in [0.25, 0.3) is 5.91 Å². The number of aromatic carboxylic acids is 1. The number of carbonyl (C=O) groups excluding carboxylic acids is 1. The monoisotopic (exact) mass is 264 g/mol.